The second-order valence-corrected chi connectivity index (χ2v) is 24.6. The third kappa shape index (κ3) is 8.11. The normalized spacial score (nSPS) is 19.9. The minimum Gasteiger partial charge on any atom is -0.457 e. The molecule has 1 saturated carbocycles. The average Bonchev–Trinajstić information content (AvgIpc) is 3.20. The fourth-order valence-corrected chi connectivity index (χ4v) is 13.9. The molecule has 1 aliphatic heterocycles. The van der Waals surface area contributed by atoms with E-state index in [1.54, 1.807) is 23.1 Å². The van der Waals surface area contributed by atoms with Gasteiger partial charge in [-0.15, -0.1) is 0 Å². The van der Waals surface area contributed by atoms with Crippen molar-refractivity contribution in [3.63, 3.8) is 0 Å². The Labute approximate surface area is 343 Å². The maximum absolute atomic E-state index is 15.4. The van der Waals surface area contributed by atoms with Crippen LogP contribution in [0.5, 0.6) is 0 Å². The fraction of sp³-hybridized carbons (Fsp3) is 0.319. The highest BCUT2D eigenvalue weighted by atomic mass is 31.2. The number of amides is 1. The number of rotatable bonds is 13. The molecule has 11 heteroatoms. The van der Waals surface area contributed by atoms with Gasteiger partial charge in [0.2, 0.25) is 5.91 Å². The highest BCUT2D eigenvalue weighted by molar-refractivity contribution is 7.96. The van der Waals surface area contributed by atoms with E-state index in [0.717, 1.165) is 15.9 Å². The van der Waals surface area contributed by atoms with Gasteiger partial charge in [-0.2, -0.15) is 0 Å². The second-order valence-electron chi connectivity index (χ2n) is 16.6. The molecule has 58 heavy (non-hydrogen) atoms. The largest absolute Gasteiger partial charge is 0.457 e. The van der Waals surface area contributed by atoms with Gasteiger partial charge in [-0.05, 0) is 89.6 Å². The van der Waals surface area contributed by atoms with E-state index in [9.17, 15) is 14.9 Å². The van der Waals surface area contributed by atoms with Gasteiger partial charge in [0, 0.05) is 24.9 Å². The lowest BCUT2D eigenvalue weighted by Gasteiger charge is -2.55. The molecule has 4 aromatic rings. The summed E-state index contributed by atoms with van der Waals surface area (Å²) in [4.78, 5) is 58.0. The molecule has 6 rings (SSSR count). The van der Waals surface area contributed by atoms with Crippen molar-refractivity contribution >= 4 is 66.0 Å². The van der Waals surface area contributed by atoms with Crippen molar-refractivity contribution in [3.05, 3.63) is 149 Å². The van der Waals surface area contributed by atoms with Gasteiger partial charge in [0.1, 0.15) is 12.0 Å². The summed E-state index contributed by atoms with van der Waals surface area (Å²) < 4.78 is 13.0. The van der Waals surface area contributed by atoms with Crippen LogP contribution in [-0.4, -0.2) is 60.0 Å². The van der Waals surface area contributed by atoms with Crippen molar-refractivity contribution in [2.45, 2.75) is 77.2 Å². The number of hydrogen-bond donors (Lipinski definition) is 0. The molecule has 2 aliphatic rings. The van der Waals surface area contributed by atoms with Crippen LogP contribution in [0.2, 0.25) is 18.1 Å². The molecular formula is C47H53N2O7PSi. The Balaban J connectivity index is 1.64. The number of ketones is 1. The minimum absolute atomic E-state index is 0.0364. The number of nitro benzene ring substituents is 1. The molecule has 0 unspecified atom stereocenters. The van der Waals surface area contributed by atoms with Gasteiger partial charge in [0.05, 0.1) is 23.0 Å². The first kappa shape index (κ1) is 42.5. The molecular weight excluding hydrogens is 764 g/mol. The van der Waals surface area contributed by atoms with E-state index in [4.69, 9.17) is 9.16 Å². The van der Waals surface area contributed by atoms with E-state index in [0.29, 0.717) is 30.4 Å². The minimum atomic E-state index is -3.23. The van der Waals surface area contributed by atoms with E-state index >= 15 is 9.59 Å². The molecule has 0 N–H and O–H groups in total. The van der Waals surface area contributed by atoms with Crippen molar-refractivity contribution in [1.82, 2.24) is 4.90 Å². The Bertz CT molecular complexity index is 2150. The van der Waals surface area contributed by atoms with Crippen molar-refractivity contribution in [3.8, 4) is 0 Å². The van der Waals surface area contributed by atoms with Crippen molar-refractivity contribution in [2.24, 2.45) is 11.8 Å². The number of allylic oxidation sites excluding steroid dienone is 1. The summed E-state index contributed by atoms with van der Waals surface area (Å²) in [6.45, 7) is 13.2. The lowest BCUT2D eigenvalue weighted by atomic mass is 9.69. The molecule has 9 nitrogen and oxygen atoms in total. The number of Topliss-reactive ketones (excluding diaryl/α,β-unsaturated/α-hetero) is 1. The summed E-state index contributed by atoms with van der Waals surface area (Å²) in [5.74, 6) is -2.44. The van der Waals surface area contributed by atoms with Crippen molar-refractivity contribution < 1.29 is 28.5 Å². The van der Waals surface area contributed by atoms with Gasteiger partial charge >= 0.3 is 5.97 Å². The quantitative estimate of drug-likeness (QED) is 0.0195. The monoisotopic (exact) mass is 816 g/mol. The lowest BCUT2D eigenvalue weighted by Crippen LogP contribution is -2.72. The molecule has 0 spiro atoms. The highest BCUT2D eigenvalue weighted by Gasteiger charge is 2.60. The molecule has 4 atom stereocenters. The van der Waals surface area contributed by atoms with Gasteiger partial charge in [-0.1, -0.05) is 124 Å². The average molecular weight is 817 g/mol. The van der Waals surface area contributed by atoms with Crippen molar-refractivity contribution in [1.29, 1.82) is 0 Å². The number of esters is 1. The number of ether oxygens (including phenoxy) is 1. The summed E-state index contributed by atoms with van der Waals surface area (Å²) in [7, 11) is -2.42. The van der Waals surface area contributed by atoms with Gasteiger partial charge in [-0.25, -0.2) is 4.79 Å². The Kier molecular flexibility index (Phi) is 12.7. The first-order valence-electron chi connectivity index (χ1n) is 19.8. The summed E-state index contributed by atoms with van der Waals surface area (Å²) in [6, 6.07) is 34.9. The number of benzene rings is 4. The van der Waals surface area contributed by atoms with Gasteiger partial charge in [-0.3, -0.25) is 19.7 Å². The maximum Gasteiger partial charge on any atom is 0.356 e. The predicted molar refractivity (Wildman–Crippen MR) is 237 cm³/mol. The van der Waals surface area contributed by atoms with Crippen LogP contribution in [0, 0.1) is 22.0 Å². The van der Waals surface area contributed by atoms with Crippen molar-refractivity contribution in [2.75, 3.05) is 6.61 Å². The molecule has 2 fully saturated rings. The summed E-state index contributed by atoms with van der Waals surface area (Å²) in [5, 5.41) is 13.8. The molecule has 1 heterocycles. The Morgan fingerprint density at radius 3 is 1.90 bits per heavy atom. The second kappa shape index (κ2) is 17.4. The highest BCUT2D eigenvalue weighted by Crippen LogP contribution is 2.52. The van der Waals surface area contributed by atoms with Crippen LogP contribution in [0.1, 0.15) is 52.5 Å². The molecule has 4 aromatic carbocycles. The predicted octanol–water partition coefficient (Wildman–Crippen LogP) is 8.44. The van der Waals surface area contributed by atoms with Crippen LogP contribution in [-0.2, 0) is 23.5 Å². The Morgan fingerprint density at radius 1 is 0.914 bits per heavy atom. The maximum atomic E-state index is 15.4. The molecule has 1 saturated heterocycles. The van der Waals surface area contributed by atoms with Crippen LogP contribution in [0.25, 0.3) is 6.08 Å². The SMILES string of the molecule is C=CCOC(=O)C(N1C(=O)[C@H]([C@@H](C)O[Si](C)(C)C(C)(C)C)[C@H]1[C@H]1CCCC(=Cc2ccc([N+](=O)[O-])cc2)C1=O)=P(c1ccccc1)(c1ccccc1)c1ccccc1. The van der Waals surface area contributed by atoms with Gasteiger partial charge in [0.25, 0.3) is 5.69 Å². The molecule has 302 valence electrons. The summed E-state index contributed by atoms with van der Waals surface area (Å²) >= 11 is 0. The molecule has 0 radical (unpaired) electrons. The van der Waals surface area contributed by atoms with Crippen LogP contribution in [0.4, 0.5) is 5.69 Å². The number of non-ortho nitro benzene ring substituents is 1. The van der Waals surface area contributed by atoms with E-state index < -0.39 is 50.1 Å². The molecule has 0 aromatic heterocycles. The van der Waals surface area contributed by atoms with Crippen LogP contribution < -0.4 is 15.9 Å². The lowest BCUT2D eigenvalue weighted by molar-refractivity contribution is -0.384. The Morgan fingerprint density at radius 2 is 1.43 bits per heavy atom. The fourth-order valence-electron chi connectivity index (χ4n) is 8.13. The number of nitro groups is 1. The summed E-state index contributed by atoms with van der Waals surface area (Å²) in [5.41, 5.74) is 1.42. The first-order chi connectivity index (χ1) is 27.6. The van der Waals surface area contributed by atoms with Crippen LogP contribution in [0.3, 0.4) is 0 Å². The zero-order valence-electron chi connectivity index (χ0n) is 34.2. The van der Waals surface area contributed by atoms with E-state index in [1.165, 1.54) is 18.2 Å². The summed E-state index contributed by atoms with van der Waals surface area (Å²) in [6.07, 6.45) is 4.43. The molecule has 1 amide bonds. The Hall–Kier alpha value is -5.15. The number of carbonyl (C=O) groups excluding carboxylic acids is 3. The number of carbonyl (C=O) groups is 3. The third-order valence-corrected chi connectivity index (χ3v) is 20.8. The number of hydrogen-bond acceptors (Lipinski definition) is 7. The zero-order valence-corrected chi connectivity index (χ0v) is 36.1. The topological polar surface area (TPSA) is 116 Å². The smallest absolute Gasteiger partial charge is 0.356 e. The van der Waals surface area contributed by atoms with E-state index in [-0.39, 0.29) is 34.4 Å². The van der Waals surface area contributed by atoms with Gasteiger partial charge < -0.3 is 14.1 Å². The first-order valence-corrected chi connectivity index (χ1v) is 24.5. The number of β-lactam (4-membered cyclic amide) rings is 1. The van der Waals surface area contributed by atoms with Crippen LogP contribution >= 0.6 is 6.89 Å². The van der Waals surface area contributed by atoms with Gasteiger partial charge in [0.15, 0.2) is 14.1 Å². The van der Waals surface area contributed by atoms with Crippen LogP contribution in [0.15, 0.2) is 133 Å². The number of likely N-dealkylation sites (tertiary alicyclic amines) is 1. The third-order valence-electron chi connectivity index (χ3n) is 11.9. The van der Waals surface area contributed by atoms with E-state index in [2.05, 4.69) is 40.4 Å². The standard InChI is InChI=1S/C47H53N2O7PSi/c1-8-31-55-46(52)45(57(37-20-12-9-13-21-37,38-22-14-10-15-23-38)39-24-16-11-17-25-39)48-42(41(44(48)51)33(2)56-58(6,7)47(3,4)5)40-26-18-19-35(43(40)50)32-34-27-29-36(30-28-34)49(53)54/h8-17,20-25,27-30,32-33,40-42H,1,18-19,26,31H2,2-7H3/t33-,40-,41-,42-/m1/s1. The molecule has 0 bridgehead atoms. The molecule has 1 aliphatic carbocycles. The van der Waals surface area contributed by atoms with E-state index in [1.807, 2.05) is 97.9 Å². The zero-order chi connectivity index (χ0) is 41.8. The number of nitrogens with zero attached hydrogens (tertiary/aromatic N) is 2.